The van der Waals surface area contributed by atoms with Crippen molar-refractivity contribution in [1.82, 2.24) is 25.3 Å². The van der Waals surface area contributed by atoms with Crippen LogP contribution < -0.4 is 16.0 Å². The van der Waals surface area contributed by atoms with Crippen molar-refractivity contribution in [1.29, 1.82) is 0 Å². The highest BCUT2D eigenvalue weighted by atomic mass is 19.1. The Bertz CT molecular complexity index is 1350. The molecule has 11 heteroatoms. The lowest BCUT2D eigenvalue weighted by Gasteiger charge is -2.34. The summed E-state index contributed by atoms with van der Waals surface area (Å²) < 4.78 is 14.3. The number of nitrogens with zero attached hydrogens (tertiary/aromatic N) is 3. The van der Waals surface area contributed by atoms with E-state index in [2.05, 4.69) is 26.1 Å². The molecule has 2 aromatic carbocycles. The van der Waals surface area contributed by atoms with Gasteiger partial charge in [0.15, 0.2) is 5.82 Å². The van der Waals surface area contributed by atoms with Gasteiger partial charge in [-0.05, 0) is 51.7 Å². The second kappa shape index (κ2) is 10.6. The van der Waals surface area contributed by atoms with E-state index in [1.807, 2.05) is 63.2 Å². The zero-order valence-electron chi connectivity index (χ0n) is 22.1. The molecule has 10 nitrogen and oxygen atoms in total. The molecule has 1 aliphatic heterocycles. The van der Waals surface area contributed by atoms with Crippen molar-refractivity contribution in [2.45, 2.75) is 38.9 Å². The number of hydrogen-bond acceptors (Lipinski definition) is 5. The highest BCUT2D eigenvalue weighted by Gasteiger charge is 2.44. The normalized spacial score (nSPS) is 14.7. The summed E-state index contributed by atoms with van der Waals surface area (Å²) in [7, 11) is 3.90. The molecule has 1 aromatic heterocycles. The van der Waals surface area contributed by atoms with E-state index in [-0.39, 0.29) is 35.7 Å². The Morgan fingerprint density at radius 2 is 1.84 bits per heavy atom. The Hall–Kier alpha value is -4.25. The Morgan fingerprint density at radius 3 is 2.47 bits per heavy atom. The summed E-state index contributed by atoms with van der Waals surface area (Å²) in [6.07, 6.45) is 0. The molecule has 0 saturated heterocycles. The molecule has 4 rings (SSSR count). The number of anilines is 2. The third-order valence-corrected chi connectivity index (χ3v) is 6.54. The van der Waals surface area contributed by atoms with E-state index in [9.17, 15) is 18.8 Å². The van der Waals surface area contributed by atoms with E-state index in [0.29, 0.717) is 17.8 Å². The molecule has 2 heterocycles. The van der Waals surface area contributed by atoms with Gasteiger partial charge >= 0.3 is 6.03 Å². The van der Waals surface area contributed by atoms with E-state index in [0.717, 1.165) is 11.6 Å². The Kier molecular flexibility index (Phi) is 7.49. The maximum Gasteiger partial charge on any atom is 0.319 e. The van der Waals surface area contributed by atoms with Crippen molar-refractivity contribution in [3.05, 3.63) is 76.7 Å². The topological polar surface area (TPSA) is 122 Å². The van der Waals surface area contributed by atoms with Crippen LogP contribution >= 0.6 is 0 Å². The van der Waals surface area contributed by atoms with Gasteiger partial charge in [-0.15, -0.1) is 0 Å². The molecule has 1 atom stereocenters. The van der Waals surface area contributed by atoms with Gasteiger partial charge in [0.2, 0.25) is 5.91 Å². The second-order valence-corrected chi connectivity index (χ2v) is 10.1. The van der Waals surface area contributed by atoms with Crippen molar-refractivity contribution >= 4 is 29.4 Å². The summed E-state index contributed by atoms with van der Waals surface area (Å²) >= 11 is 0. The van der Waals surface area contributed by atoms with Gasteiger partial charge in [0.1, 0.15) is 5.82 Å². The number of rotatable bonds is 7. The number of fused-ring (bicyclic) bond motifs is 1. The monoisotopic (exact) mass is 521 g/mol. The third kappa shape index (κ3) is 5.52. The van der Waals surface area contributed by atoms with Crippen LogP contribution in [0.5, 0.6) is 0 Å². The highest BCUT2D eigenvalue weighted by molar-refractivity contribution is 6.04. The maximum absolute atomic E-state index is 14.3. The van der Waals surface area contributed by atoms with Crippen molar-refractivity contribution in [2.75, 3.05) is 31.3 Å². The summed E-state index contributed by atoms with van der Waals surface area (Å²) in [4.78, 5) is 41.3. The first-order valence-electron chi connectivity index (χ1n) is 12.2. The fourth-order valence-corrected chi connectivity index (χ4v) is 4.58. The van der Waals surface area contributed by atoms with Crippen LogP contribution in [0.2, 0.25) is 0 Å². The number of benzene rings is 2. The molecule has 1 aliphatic rings. The number of nitrogens with one attached hydrogen (secondary N) is 4. The molecule has 0 radical (unpaired) electrons. The molecule has 0 saturated carbocycles. The Morgan fingerprint density at radius 1 is 1.13 bits per heavy atom. The molecule has 0 spiro atoms. The van der Waals surface area contributed by atoms with Crippen LogP contribution in [0, 0.1) is 5.82 Å². The SMILES string of the molecule is CC(=O)Nc1ccc(C(=O)Nc2n[nH]c3c2CN(C(=O)N[C@H](CN(C)C)c2ccccc2)C3(C)C)cc1F. The number of aromatic nitrogens is 2. The van der Waals surface area contributed by atoms with Crippen molar-refractivity contribution in [3.63, 3.8) is 0 Å². The van der Waals surface area contributed by atoms with Gasteiger partial charge in [-0.25, -0.2) is 9.18 Å². The van der Waals surface area contributed by atoms with Gasteiger partial charge in [0.25, 0.3) is 5.91 Å². The van der Waals surface area contributed by atoms with Crippen LogP contribution in [0.4, 0.5) is 20.7 Å². The van der Waals surface area contributed by atoms with E-state index >= 15 is 0 Å². The summed E-state index contributed by atoms with van der Waals surface area (Å²) in [5.74, 6) is -1.44. The molecule has 0 bridgehead atoms. The smallest absolute Gasteiger partial charge is 0.319 e. The molecule has 4 amide bonds. The lowest BCUT2D eigenvalue weighted by atomic mass is 10.0. The molecule has 0 fully saturated rings. The largest absolute Gasteiger partial charge is 0.330 e. The first-order valence-corrected chi connectivity index (χ1v) is 12.2. The van der Waals surface area contributed by atoms with Gasteiger partial charge in [-0.2, -0.15) is 5.10 Å². The third-order valence-electron chi connectivity index (χ3n) is 6.54. The molecule has 0 unspecified atom stereocenters. The van der Waals surface area contributed by atoms with Crippen LogP contribution in [0.15, 0.2) is 48.5 Å². The maximum atomic E-state index is 14.3. The first-order chi connectivity index (χ1) is 18.0. The van der Waals surface area contributed by atoms with Crippen molar-refractivity contribution in [3.8, 4) is 0 Å². The van der Waals surface area contributed by atoms with E-state index in [4.69, 9.17) is 0 Å². The lowest BCUT2D eigenvalue weighted by Crippen LogP contribution is -2.48. The zero-order chi connectivity index (χ0) is 27.6. The van der Waals surface area contributed by atoms with Gasteiger partial charge in [0, 0.05) is 24.6 Å². The van der Waals surface area contributed by atoms with Crippen LogP contribution in [-0.4, -0.2) is 58.5 Å². The standard InChI is InChI=1S/C27H32FN7O3/c1-16(36)29-21-12-11-18(13-20(21)28)25(37)31-24-19-14-35(27(2,3)23(19)32-33-24)26(38)30-22(15-34(4)5)17-9-7-6-8-10-17/h6-13,22H,14-15H2,1-5H3,(H,29,36)(H,30,38)(H2,31,32,33,37)/t22-/m1/s1. The average Bonchev–Trinajstić information content (AvgIpc) is 3.37. The summed E-state index contributed by atoms with van der Waals surface area (Å²) in [6, 6.07) is 13.1. The minimum absolute atomic E-state index is 0.0128. The van der Waals surface area contributed by atoms with Gasteiger partial charge in [-0.1, -0.05) is 30.3 Å². The summed E-state index contributed by atoms with van der Waals surface area (Å²) in [5, 5.41) is 15.4. The minimum atomic E-state index is -0.727. The van der Waals surface area contributed by atoms with Gasteiger partial charge in [-0.3, -0.25) is 14.7 Å². The summed E-state index contributed by atoms with van der Waals surface area (Å²) in [6.45, 7) is 5.92. The summed E-state index contributed by atoms with van der Waals surface area (Å²) in [5.41, 5.74) is 1.71. The lowest BCUT2D eigenvalue weighted by molar-refractivity contribution is -0.114. The molecular formula is C27H32FN7O3. The quantitative estimate of drug-likeness (QED) is 0.377. The Labute approximate surface area is 220 Å². The number of urea groups is 1. The zero-order valence-corrected chi connectivity index (χ0v) is 22.1. The molecule has 200 valence electrons. The minimum Gasteiger partial charge on any atom is -0.330 e. The van der Waals surface area contributed by atoms with Gasteiger partial charge in [0.05, 0.1) is 29.5 Å². The van der Waals surface area contributed by atoms with E-state index in [1.54, 1.807) is 4.90 Å². The molecule has 4 N–H and O–H groups in total. The van der Waals surface area contributed by atoms with E-state index < -0.39 is 23.2 Å². The predicted octanol–water partition coefficient (Wildman–Crippen LogP) is 3.82. The van der Waals surface area contributed by atoms with Gasteiger partial charge < -0.3 is 25.8 Å². The number of H-pyrrole nitrogens is 1. The number of aromatic amines is 1. The van der Waals surface area contributed by atoms with Crippen LogP contribution in [0.1, 0.15) is 54.0 Å². The fourth-order valence-electron chi connectivity index (χ4n) is 4.58. The van der Waals surface area contributed by atoms with Crippen LogP contribution in [-0.2, 0) is 16.9 Å². The number of halogens is 1. The molecular weight excluding hydrogens is 489 g/mol. The Balaban J connectivity index is 1.51. The predicted molar refractivity (Wildman–Crippen MR) is 142 cm³/mol. The molecule has 0 aliphatic carbocycles. The average molecular weight is 522 g/mol. The number of carbonyl (C=O) groups excluding carboxylic acids is 3. The first kappa shape index (κ1) is 26.8. The van der Waals surface area contributed by atoms with Crippen molar-refractivity contribution in [2.24, 2.45) is 0 Å². The molecule has 3 aromatic rings. The second-order valence-electron chi connectivity index (χ2n) is 10.1. The molecule has 38 heavy (non-hydrogen) atoms. The van der Waals surface area contributed by atoms with Crippen LogP contribution in [0.3, 0.4) is 0 Å². The van der Waals surface area contributed by atoms with E-state index in [1.165, 1.54) is 19.1 Å². The number of carbonyl (C=O) groups is 3. The fraction of sp³-hybridized carbons (Fsp3) is 0.333. The van der Waals surface area contributed by atoms with Crippen molar-refractivity contribution < 1.29 is 18.8 Å². The highest BCUT2D eigenvalue weighted by Crippen LogP contribution is 2.40. The number of likely N-dealkylation sites (N-methyl/N-ethyl adjacent to an activating group) is 1. The van der Waals surface area contributed by atoms with Crippen LogP contribution in [0.25, 0.3) is 0 Å². The number of amides is 4. The number of hydrogen-bond donors (Lipinski definition) is 4.